The number of hydrogen-bond acceptors (Lipinski definition) is 5. The van der Waals surface area contributed by atoms with E-state index in [0.717, 1.165) is 0 Å². The SMILES string of the molecule is O=C([O-])CC(O)C(=O)[S-].[K+].[K+]. The third kappa shape index (κ3) is 12.6. The van der Waals surface area contributed by atoms with E-state index in [2.05, 4.69) is 12.6 Å². The van der Waals surface area contributed by atoms with Crippen LogP contribution in [0.2, 0.25) is 0 Å². The summed E-state index contributed by atoms with van der Waals surface area (Å²) in [7, 11) is 0. The first kappa shape index (κ1) is 19.2. The topological polar surface area (TPSA) is 77.4 Å². The van der Waals surface area contributed by atoms with E-state index in [1.807, 2.05) is 0 Å². The van der Waals surface area contributed by atoms with Crippen molar-refractivity contribution >= 4 is 23.7 Å². The molecule has 0 aliphatic rings. The Balaban J connectivity index is -0.000000320. The Labute approximate surface area is 155 Å². The van der Waals surface area contributed by atoms with Gasteiger partial charge < -0.3 is 32.4 Å². The van der Waals surface area contributed by atoms with Crippen LogP contribution in [-0.4, -0.2) is 22.3 Å². The fourth-order valence-corrected chi connectivity index (χ4v) is 0.325. The number of aliphatic hydroxyl groups excluding tert-OH is 1. The molecule has 0 bridgehead atoms. The van der Waals surface area contributed by atoms with Crippen LogP contribution >= 0.6 is 0 Å². The van der Waals surface area contributed by atoms with Crippen molar-refractivity contribution in [1.82, 2.24) is 0 Å². The fraction of sp³-hybridized carbons (Fsp3) is 0.500. The maximum absolute atomic E-state index is 9.95. The molecular weight excluding hydrogens is 222 g/mol. The van der Waals surface area contributed by atoms with Crippen molar-refractivity contribution in [2.75, 3.05) is 0 Å². The Kier molecular flexibility index (Phi) is 18.6. The van der Waals surface area contributed by atoms with Gasteiger partial charge in [-0.1, -0.05) is 0 Å². The molecule has 0 radical (unpaired) electrons. The molecule has 0 spiro atoms. The quantitative estimate of drug-likeness (QED) is 0.382. The molecule has 0 heterocycles. The Morgan fingerprint density at radius 2 is 1.82 bits per heavy atom. The van der Waals surface area contributed by atoms with Crippen LogP contribution in [0.25, 0.3) is 0 Å². The minimum Gasteiger partial charge on any atom is -0.739 e. The Hall–Kier alpha value is 2.59. The van der Waals surface area contributed by atoms with Crippen molar-refractivity contribution in [2.24, 2.45) is 0 Å². The molecule has 4 nitrogen and oxygen atoms in total. The van der Waals surface area contributed by atoms with Gasteiger partial charge in [-0.15, -0.1) is 0 Å². The second-order valence-electron chi connectivity index (χ2n) is 1.41. The number of aliphatic carboxylic acids is 1. The summed E-state index contributed by atoms with van der Waals surface area (Å²) in [4.78, 5) is 19.6. The first-order chi connectivity index (χ1) is 4.04. The smallest absolute Gasteiger partial charge is 0.739 e. The molecule has 7 heteroatoms. The van der Waals surface area contributed by atoms with Gasteiger partial charge in [-0.05, 0) is 0 Å². The second-order valence-corrected chi connectivity index (χ2v) is 1.81. The van der Waals surface area contributed by atoms with Crippen molar-refractivity contribution in [3.8, 4) is 0 Å². The minimum atomic E-state index is -1.59. The van der Waals surface area contributed by atoms with Gasteiger partial charge in [-0.25, -0.2) is 0 Å². The van der Waals surface area contributed by atoms with Crippen LogP contribution in [0.1, 0.15) is 6.42 Å². The first-order valence-corrected chi connectivity index (χ1v) is 2.53. The van der Waals surface area contributed by atoms with Crippen molar-refractivity contribution in [3.63, 3.8) is 0 Å². The van der Waals surface area contributed by atoms with E-state index >= 15 is 0 Å². The molecule has 0 rings (SSSR count). The number of rotatable bonds is 3. The van der Waals surface area contributed by atoms with E-state index in [0.29, 0.717) is 0 Å². The molecule has 52 valence electrons. The molecule has 0 amide bonds. The predicted molar refractivity (Wildman–Crippen MR) is 28.0 cm³/mol. The van der Waals surface area contributed by atoms with Gasteiger partial charge in [0.15, 0.2) is 0 Å². The molecule has 1 atom stereocenters. The molecule has 0 aliphatic carbocycles. The Bertz CT molecular complexity index is 140. The van der Waals surface area contributed by atoms with E-state index in [-0.39, 0.29) is 103 Å². The zero-order valence-electron chi connectivity index (χ0n) is 6.36. The van der Waals surface area contributed by atoms with Gasteiger partial charge >= 0.3 is 103 Å². The molecule has 0 aromatic carbocycles. The molecular formula is C4H4K2O4S. The van der Waals surface area contributed by atoms with E-state index in [1.165, 1.54) is 0 Å². The van der Waals surface area contributed by atoms with Gasteiger partial charge in [0.2, 0.25) is 0 Å². The summed E-state index contributed by atoms with van der Waals surface area (Å²) in [5.74, 6) is -1.49. The van der Waals surface area contributed by atoms with E-state index < -0.39 is 23.6 Å². The average molecular weight is 226 g/mol. The molecule has 0 saturated carbocycles. The maximum atomic E-state index is 9.95. The predicted octanol–water partition coefficient (Wildman–Crippen LogP) is -8.43. The molecule has 0 aromatic rings. The molecule has 1 N–H and O–H groups in total. The molecule has 0 saturated heterocycles. The van der Waals surface area contributed by atoms with Crippen molar-refractivity contribution in [2.45, 2.75) is 12.5 Å². The summed E-state index contributed by atoms with van der Waals surface area (Å²) < 4.78 is 0. The molecule has 0 aliphatic heterocycles. The van der Waals surface area contributed by atoms with Gasteiger partial charge in [-0.2, -0.15) is 0 Å². The molecule has 0 fully saturated rings. The monoisotopic (exact) mass is 226 g/mol. The summed E-state index contributed by atoms with van der Waals surface area (Å²) in [6.45, 7) is 0. The number of carboxylic acid groups (broad SMARTS) is 1. The van der Waals surface area contributed by atoms with Crippen LogP contribution in [0.15, 0.2) is 0 Å². The van der Waals surface area contributed by atoms with Gasteiger partial charge in [0.1, 0.15) is 0 Å². The zero-order chi connectivity index (χ0) is 7.44. The largest absolute Gasteiger partial charge is 1.00 e. The third-order valence-electron chi connectivity index (χ3n) is 0.632. The molecule has 11 heavy (non-hydrogen) atoms. The molecule has 1 unspecified atom stereocenters. The van der Waals surface area contributed by atoms with Crippen LogP contribution in [0.4, 0.5) is 0 Å². The number of carbonyl (C=O) groups excluding carboxylic acids is 2. The van der Waals surface area contributed by atoms with Crippen molar-refractivity contribution in [3.05, 3.63) is 0 Å². The van der Waals surface area contributed by atoms with Crippen molar-refractivity contribution < 1.29 is 123 Å². The summed E-state index contributed by atoms with van der Waals surface area (Å²) in [5.41, 5.74) is 0. The van der Waals surface area contributed by atoms with Gasteiger partial charge in [0.05, 0.1) is 6.10 Å². The maximum Gasteiger partial charge on any atom is 1.00 e. The van der Waals surface area contributed by atoms with Crippen LogP contribution in [0.5, 0.6) is 0 Å². The zero-order valence-corrected chi connectivity index (χ0v) is 13.4. The summed E-state index contributed by atoms with van der Waals surface area (Å²) in [6, 6.07) is 0. The van der Waals surface area contributed by atoms with Crippen molar-refractivity contribution in [1.29, 1.82) is 0 Å². The van der Waals surface area contributed by atoms with Crippen LogP contribution in [-0.2, 0) is 22.2 Å². The van der Waals surface area contributed by atoms with Crippen LogP contribution in [0.3, 0.4) is 0 Å². The van der Waals surface area contributed by atoms with Gasteiger partial charge in [0, 0.05) is 17.5 Å². The normalized spacial score (nSPS) is 10.3. The first-order valence-electron chi connectivity index (χ1n) is 2.13. The van der Waals surface area contributed by atoms with E-state index in [4.69, 9.17) is 5.11 Å². The van der Waals surface area contributed by atoms with Gasteiger partial charge in [0.25, 0.3) is 0 Å². The summed E-state index contributed by atoms with van der Waals surface area (Å²) in [6.07, 6.45) is -2.31. The second kappa shape index (κ2) is 10.7. The van der Waals surface area contributed by atoms with Crippen LogP contribution in [0, 0.1) is 0 Å². The summed E-state index contributed by atoms with van der Waals surface area (Å²) in [5, 5.41) is 17.1. The average Bonchev–Trinajstić information content (AvgIpc) is 1.63. The van der Waals surface area contributed by atoms with Gasteiger partial charge in [-0.3, -0.25) is 0 Å². The number of hydrogen-bond donors (Lipinski definition) is 1. The number of carbonyl (C=O) groups is 2. The van der Waals surface area contributed by atoms with Crippen LogP contribution < -0.4 is 108 Å². The summed E-state index contributed by atoms with van der Waals surface area (Å²) >= 11 is 3.94. The number of carboxylic acids is 1. The minimum absolute atomic E-state index is 0. The Morgan fingerprint density at radius 3 is 1.91 bits per heavy atom. The fourth-order valence-electron chi connectivity index (χ4n) is 0.241. The number of aliphatic hydroxyl groups is 1. The third-order valence-corrected chi connectivity index (χ3v) is 0.904. The standard InChI is InChI=1S/C4H6O4S.2K/c5-2(4(8)9)1-3(6)7;;/h2,5H,1H2,(H,6,7)(H,8,9);;/q;2*+1/p-2. The molecule has 0 aromatic heterocycles. The van der Waals surface area contributed by atoms with E-state index in [1.54, 1.807) is 0 Å². The van der Waals surface area contributed by atoms with E-state index in [9.17, 15) is 14.7 Å². The Morgan fingerprint density at radius 1 is 1.45 bits per heavy atom.